The summed E-state index contributed by atoms with van der Waals surface area (Å²) >= 11 is 0. The van der Waals surface area contributed by atoms with Crippen molar-refractivity contribution in [3.63, 3.8) is 0 Å². The second-order valence-electron chi connectivity index (χ2n) is 4.20. The topological polar surface area (TPSA) is 67.8 Å². The number of carboxylic acids is 1. The van der Waals surface area contributed by atoms with E-state index in [9.17, 15) is 4.79 Å². The summed E-state index contributed by atoms with van der Waals surface area (Å²) in [4.78, 5) is 10.8. The highest BCUT2D eigenvalue weighted by Gasteiger charge is 2.05. The van der Waals surface area contributed by atoms with E-state index in [0.29, 0.717) is 25.1 Å². The van der Waals surface area contributed by atoms with Crippen molar-refractivity contribution in [1.29, 1.82) is 0 Å². The minimum absolute atomic E-state index is 0.416. The van der Waals surface area contributed by atoms with Gasteiger partial charge < -0.3 is 19.9 Å². The van der Waals surface area contributed by atoms with Crippen LogP contribution in [-0.2, 0) is 11.3 Å². The van der Waals surface area contributed by atoms with Crippen LogP contribution in [-0.4, -0.2) is 31.8 Å². The Hall–Kier alpha value is -2.01. The Morgan fingerprint density at radius 2 is 2.10 bits per heavy atom. The number of aliphatic carboxylic acids is 1. The average molecular weight is 279 g/mol. The highest BCUT2D eigenvalue weighted by molar-refractivity contribution is 5.86. The number of carbonyl (C=O) groups is 1. The molecule has 0 radical (unpaired) electrons. The fraction of sp³-hybridized carbons (Fsp3) is 0.400. The summed E-state index contributed by atoms with van der Waals surface area (Å²) in [5.41, 5.74) is 1.41. The number of nitrogens with one attached hydrogen (secondary N) is 1. The Labute approximate surface area is 119 Å². The Kier molecular flexibility index (Phi) is 6.59. The number of hydrogen-bond acceptors (Lipinski definition) is 4. The first-order valence-corrected chi connectivity index (χ1v) is 6.46. The molecule has 1 aromatic rings. The fourth-order valence-corrected chi connectivity index (χ4v) is 1.78. The molecule has 1 aromatic carbocycles. The van der Waals surface area contributed by atoms with Crippen molar-refractivity contribution in [2.24, 2.45) is 0 Å². The summed E-state index contributed by atoms with van der Waals surface area (Å²) in [6, 6.07) is 5.61. The monoisotopic (exact) mass is 279 g/mol. The third kappa shape index (κ3) is 4.59. The number of rotatable bonds is 8. The highest BCUT2D eigenvalue weighted by Crippen LogP contribution is 2.24. The fourth-order valence-electron chi connectivity index (χ4n) is 1.78. The molecule has 0 aliphatic carbocycles. The Bertz CT molecular complexity index is 483. The number of ether oxygens (including phenoxy) is 2. The first kappa shape index (κ1) is 16.0. The van der Waals surface area contributed by atoms with Crippen molar-refractivity contribution < 1.29 is 19.4 Å². The van der Waals surface area contributed by atoms with Gasteiger partial charge in [0.25, 0.3) is 0 Å². The van der Waals surface area contributed by atoms with E-state index in [2.05, 4.69) is 5.32 Å². The van der Waals surface area contributed by atoms with Gasteiger partial charge in [-0.3, -0.25) is 0 Å². The second-order valence-corrected chi connectivity index (χ2v) is 4.20. The zero-order chi connectivity index (χ0) is 15.0. The van der Waals surface area contributed by atoms with E-state index in [1.165, 1.54) is 0 Å². The molecule has 0 aliphatic heterocycles. The lowest BCUT2D eigenvalue weighted by atomic mass is 10.1. The summed E-state index contributed by atoms with van der Waals surface area (Å²) < 4.78 is 10.4. The minimum Gasteiger partial charge on any atom is -0.497 e. The van der Waals surface area contributed by atoms with Crippen LogP contribution >= 0.6 is 0 Å². The first-order chi connectivity index (χ1) is 9.62. The summed E-state index contributed by atoms with van der Waals surface area (Å²) in [5, 5.41) is 12.1. The van der Waals surface area contributed by atoms with Gasteiger partial charge in [0.2, 0.25) is 0 Å². The van der Waals surface area contributed by atoms with E-state index in [0.717, 1.165) is 17.1 Å². The van der Waals surface area contributed by atoms with Crippen molar-refractivity contribution in [3.05, 3.63) is 35.4 Å². The molecular weight excluding hydrogens is 258 g/mol. The van der Waals surface area contributed by atoms with E-state index < -0.39 is 5.97 Å². The third-order valence-electron chi connectivity index (χ3n) is 2.96. The standard InChI is InChI=1S/C15H21NO4/c1-4-11(15(17)18)7-8-16-10-12-5-6-13(19-2)9-14(12)20-3/h5-7,9,16H,4,8,10H2,1-3H3,(H,17,18)/b11-7-. The number of methoxy groups -OCH3 is 2. The second kappa shape index (κ2) is 8.22. The van der Waals surface area contributed by atoms with Crippen molar-refractivity contribution in [2.75, 3.05) is 20.8 Å². The molecule has 5 heteroatoms. The molecule has 1 rings (SSSR count). The van der Waals surface area contributed by atoms with Crippen LogP contribution in [0.1, 0.15) is 18.9 Å². The summed E-state index contributed by atoms with van der Waals surface area (Å²) in [5.74, 6) is 0.621. The maximum Gasteiger partial charge on any atom is 0.331 e. The first-order valence-electron chi connectivity index (χ1n) is 6.46. The lowest BCUT2D eigenvalue weighted by Crippen LogP contribution is -2.15. The lowest BCUT2D eigenvalue weighted by molar-refractivity contribution is -0.132. The maximum atomic E-state index is 10.8. The van der Waals surface area contributed by atoms with Gasteiger partial charge in [0.15, 0.2) is 0 Å². The molecule has 2 N–H and O–H groups in total. The Balaban J connectivity index is 2.60. The van der Waals surface area contributed by atoms with E-state index in [-0.39, 0.29) is 0 Å². The van der Waals surface area contributed by atoms with E-state index in [4.69, 9.17) is 14.6 Å². The largest absolute Gasteiger partial charge is 0.497 e. The van der Waals surface area contributed by atoms with Gasteiger partial charge in [-0.15, -0.1) is 0 Å². The molecule has 0 fully saturated rings. The molecule has 0 aromatic heterocycles. The average Bonchev–Trinajstić information content (AvgIpc) is 2.46. The maximum absolute atomic E-state index is 10.8. The van der Waals surface area contributed by atoms with Gasteiger partial charge >= 0.3 is 5.97 Å². The summed E-state index contributed by atoms with van der Waals surface area (Å²) in [6.07, 6.45) is 2.21. The SMILES string of the molecule is CC/C(=C/CNCc1ccc(OC)cc1OC)C(=O)O. The van der Waals surface area contributed by atoms with Crippen molar-refractivity contribution in [2.45, 2.75) is 19.9 Å². The van der Waals surface area contributed by atoms with Crippen molar-refractivity contribution >= 4 is 5.97 Å². The molecule has 20 heavy (non-hydrogen) atoms. The summed E-state index contributed by atoms with van der Waals surface area (Å²) in [7, 11) is 3.22. The van der Waals surface area contributed by atoms with Crippen LogP contribution < -0.4 is 14.8 Å². The van der Waals surface area contributed by atoms with Gasteiger partial charge in [0, 0.05) is 30.3 Å². The quantitative estimate of drug-likeness (QED) is 0.564. The third-order valence-corrected chi connectivity index (χ3v) is 2.96. The molecule has 0 atom stereocenters. The molecule has 0 heterocycles. The smallest absolute Gasteiger partial charge is 0.331 e. The van der Waals surface area contributed by atoms with Gasteiger partial charge in [-0.25, -0.2) is 4.79 Å². The van der Waals surface area contributed by atoms with Crippen LogP contribution in [0, 0.1) is 0 Å². The van der Waals surface area contributed by atoms with Gasteiger partial charge in [-0.05, 0) is 12.5 Å². The van der Waals surface area contributed by atoms with E-state index in [1.54, 1.807) is 20.3 Å². The lowest BCUT2D eigenvalue weighted by Gasteiger charge is -2.10. The van der Waals surface area contributed by atoms with Crippen molar-refractivity contribution in [1.82, 2.24) is 5.32 Å². The molecular formula is C15H21NO4. The minimum atomic E-state index is -0.865. The number of hydrogen-bond donors (Lipinski definition) is 2. The molecule has 0 spiro atoms. The van der Waals surface area contributed by atoms with Crippen LogP contribution in [0.25, 0.3) is 0 Å². The molecule has 0 aliphatic rings. The molecule has 0 saturated carbocycles. The van der Waals surface area contributed by atoms with Crippen LogP contribution in [0.2, 0.25) is 0 Å². The van der Waals surface area contributed by atoms with Gasteiger partial charge in [0.05, 0.1) is 14.2 Å². The zero-order valence-electron chi connectivity index (χ0n) is 12.1. The van der Waals surface area contributed by atoms with Gasteiger partial charge in [0.1, 0.15) is 11.5 Å². The Morgan fingerprint density at radius 3 is 2.65 bits per heavy atom. The molecule has 0 unspecified atom stereocenters. The molecule has 0 saturated heterocycles. The predicted octanol–water partition coefficient (Wildman–Crippen LogP) is 2.21. The van der Waals surface area contributed by atoms with Crippen molar-refractivity contribution in [3.8, 4) is 11.5 Å². The molecule has 110 valence electrons. The predicted molar refractivity (Wildman–Crippen MR) is 77.3 cm³/mol. The van der Waals surface area contributed by atoms with Crippen LogP contribution in [0.3, 0.4) is 0 Å². The summed E-state index contributed by atoms with van der Waals surface area (Å²) in [6.45, 7) is 2.93. The molecule has 0 amide bonds. The molecule has 5 nitrogen and oxygen atoms in total. The van der Waals surface area contributed by atoms with Gasteiger partial charge in [-0.1, -0.05) is 19.1 Å². The number of benzene rings is 1. The molecule has 0 bridgehead atoms. The number of carboxylic acid groups (broad SMARTS) is 1. The van der Waals surface area contributed by atoms with Crippen LogP contribution in [0.5, 0.6) is 11.5 Å². The van der Waals surface area contributed by atoms with Crippen LogP contribution in [0.15, 0.2) is 29.8 Å². The normalized spacial score (nSPS) is 11.2. The van der Waals surface area contributed by atoms with Crippen LogP contribution in [0.4, 0.5) is 0 Å². The highest BCUT2D eigenvalue weighted by atomic mass is 16.5. The van der Waals surface area contributed by atoms with E-state index >= 15 is 0 Å². The van der Waals surface area contributed by atoms with Gasteiger partial charge in [-0.2, -0.15) is 0 Å². The zero-order valence-corrected chi connectivity index (χ0v) is 12.1. The Morgan fingerprint density at radius 1 is 1.35 bits per heavy atom. The van der Waals surface area contributed by atoms with E-state index in [1.807, 2.05) is 25.1 Å².